The molecule has 3 rings (SSSR count). The minimum atomic E-state index is -1.06. The van der Waals surface area contributed by atoms with Gasteiger partial charge in [-0.2, -0.15) is 0 Å². The predicted molar refractivity (Wildman–Crippen MR) is 85.7 cm³/mol. The van der Waals surface area contributed by atoms with Crippen LogP contribution in [0, 0.1) is 0 Å². The van der Waals surface area contributed by atoms with Gasteiger partial charge in [0, 0.05) is 10.3 Å². The first-order valence-electron chi connectivity index (χ1n) is 6.87. The highest BCUT2D eigenvalue weighted by Crippen LogP contribution is 2.25. The van der Waals surface area contributed by atoms with Crippen LogP contribution in [0.2, 0.25) is 0 Å². The summed E-state index contributed by atoms with van der Waals surface area (Å²) < 4.78 is 18.3. The zero-order chi connectivity index (χ0) is 14.7. The molecule has 21 heavy (non-hydrogen) atoms. The highest BCUT2D eigenvalue weighted by Gasteiger charge is 2.18. The van der Waals surface area contributed by atoms with E-state index in [4.69, 9.17) is 4.42 Å². The lowest BCUT2D eigenvalue weighted by molar-refractivity contribution is 0.476. The number of rotatable bonds is 5. The van der Waals surface area contributed by atoms with Gasteiger partial charge in [0.2, 0.25) is 0 Å². The Labute approximate surface area is 126 Å². The molecule has 0 radical (unpaired) electrons. The molecule has 0 bridgehead atoms. The summed E-state index contributed by atoms with van der Waals surface area (Å²) in [5, 5.41) is 4.26. The van der Waals surface area contributed by atoms with Crippen molar-refractivity contribution in [2.24, 2.45) is 0 Å². The lowest BCUT2D eigenvalue weighted by Gasteiger charge is -2.13. The minimum absolute atomic E-state index is 0.0709. The van der Waals surface area contributed by atoms with Gasteiger partial charge in [0.15, 0.2) is 0 Å². The maximum Gasteiger partial charge on any atom is 0.134 e. The molecule has 1 N–H and O–H groups in total. The van der Waals surface area contributed by atoms with Gasteiger partial charge in [-0.15, -0.1) is 0 Å². The van der Waals surface area contributed by atoms with Gasteiger partial charge in [0.25, 0.3) is 0 Å². The molecule has 0 saturated heterocycles. The lowest BCUT2D eigenvalue weighted by atomic mass is 10.2. The van der Waals surface area contributed by atoms with Gasteiger partial charge in [-0.1, -0.05) is 36.4 Å². The van der Waals surface area contributed by atoms with Crippen LogP contribution in [0.5, 0.6) is 0 Å². The Hall–Kier alpha value is -1.91. The van der Waals surface area contributed by atoms with E-state index in [1.54, 1.807) is 0 Å². The highest BCUT2D eigenvalue weighted by molar-refractivity contribution is 7.85. The van der Waals surface area contributed by atoms with Gasteiger partial charge in [-0.25, -0.2) is 0 Å². The molecule has 2 aromatic carbocycles. The quantitative estimate of drug-likeness (QED) is 0.784. The average molecular weight is 299 g/mol. The Kier molecular flexibility index (Phi) is 4.18. The number of hydrogen-bond donors (Lipinski definition) is 1. The number of benzene rings is 2. The number of fused-ring (bicyclic) bond motifs is 1. The van der Waals surface area contributed by atoms with E-state index in [9.17, 15) is 4.21 Å². The molecule has 0 fully saturated rings. The molecule has 3 nitrogen and oxygen atoms in total. The molecule has 0 spiro atoms. The predicted octanol–water partition coefficient (Wildman–Crippen LogP) is 3.50. The van der Waals surface area contributed by atoms with Crippen molar-refractivity contribution in [3.8, 4) is 0 Å². The van der Waals surface area contributed by atoms with E-state index in [0.29, 0.717) is 5.75 Å². The molecule has 0 aliphatic heterocycles. The van der Waals surface area contributed by atoms with Crippen LogP contribution in [0.1, 0.15) is 11.8 Å². The number of para-hydroxylation sites is 1. The van der Waals surface area contributed by atoms with Crippen LogP contribution in [0.3, 0.4) is 0 Å². The first-order valence-corrected chi connectivity index (χ1v) is 8.19. The molecule has 2 unspecified atom stereocenters. The fraction of sp³-hybridized carbons (Fsp3) is 0.176. The minimum Gasteiger partial charge on any atom is -0.459 e. The average Bonchev–Trinajstić information content (AvgIpc) is 2.97. The van der Waals surface area contributed by atoms with Gasteiger partial charge >= 0.3 is 0 Å². The third-order valence-corrected chi connectivity index (χ3v) is 4.89. The Morgan fingerprint density at radius 2 is 1.81 bits per heavy atom. The van der Waals surface area contributed by atoms with Crippen molar-refractivity contribution in [3.63, 3.8) is 0 Å². The number of hydrogen-bond acceptors (Lipinski definition) is 3. The molecule has 3 aromatic rings. The van der Waals surface area contributed by atoms with Gasteiger partial charge < -0.3 is 9.73 Å². The van der Waals surface area contributed by atoms with E-state index in [1.165, 1.54) is 0 Å². The molecule has 4 heteroatoms. The summed E-state index contributed by atoms with van der Waals surface area (Å²) in [5.74, 6) is 1.31. The monoisotopic (exact) mass is 299 g/mol. The molecular formula is C17H17NO2S. The first kappa shape index (κ1) is 14.0. The maximum atomic E-state index is 12.4. The number of nitrogens with one attached hydrogen (secondary N) is 1. The van der Waals surface area contributed by atoms with Crippen molar-refractivity contribution in [2.45, 2.75) is 10.9 Å². The molecule has 2 atom stereocenters. The second-order valence-corrected chi connectivity index (χ2v) is 6.35. The zero-order valence-corrected chi connectivity index (χ0v) is 12.6. The molecule has 0 amide bonds. The van der Waals surface area contributed by atoms with Crippen LogP contribution < -0.4 is 5.32 Å². The van der Waals surface area contributed by atoms with Gasteiger partial charge in [-0.05, 0) is 31.3 Å². The zero-order valence-electron chi connectivity index (χ0n) is 11.8. The van der Waals surface area contributed by atoms with Crippen LogP contribution in [0.4, 0.5) is 0 Å². The Balaban J connectivity index is 1.83. The second-order valence-electron chi connectivity index (χ2n) is 4.85. The van der Waals surface area contributed by atoms with E-state index in [2.05, 4.69) is 5.32 Å². The SMILES string of the molecule is CNC(CS(=O)c1ccccc1)c1cc2ccccc2o1. The summed E-state index contributed by atoms with van der Waals surface area (Å²) in [4.78, 5) is 0.842. The van der Waals surface area contributed by atoms with E-state index in [1.807, 2.05) is 67.7 Å². The van der Waals surface area contributed by atoms with E-state index >= 15 is 0 Å². The highest BCUT2D eigenvalue weighted by atomic mass is 32.2. The second kappa shape index (κ2) is 6.24. The maximum absolute atomic E-state index is 12.4. The summed E-state index contributed by atoms with van der Waals surface area (Å²) in [6.07, 6.45) is 0. The van der Waals surface area contributed by atoms with Gasteiger partial charge in [0.05, 0.1) is 22.6 Å². The summed E-state index contributed by atoms with van der Waals surface area (Å²) >= 11 is 0. The molecule has 0 saturated carbocycles. The molecule has 1 aromatic heterocycles. The smallest absolute Gasteiger partial charge is 0.134 e. The fourth-order valence-corrected chi connectivity index (χ4v) is 3.59. The third-order valence-electron chi connectivity index (χ3n) is 3.46. The number of furan rings is 1. The van der Waals surface area contributed by atoms with Gasteiger partial charge in [0.1, 0.15) is 11.3 Å². The van der Waals surface area contributed by atoms with Crippen molar-refractivity contribution in [3.05, 3.63) is 66.4 Å². The molecule has 0 aliphatic carbocycles. The topological polar surface area (TPSA) is 42.2 Å². The molecule has 108 valence electrons. The summed E-state index contributed by atoms with van der Waals surface area (Å²) in [6.45, 7) is 0. The van der Waals surface area contributed by atoms with Crippen molar-refractivity contribution in [2.75, 3.05) is 12.8 Å². The molecule has 1 heterocycles. The van der Waals surface area contributed by atoms with E-state index in [-0.39, 0.29) is 6.04 Å². The third kappa shape index (κ3) is 3.06. The van der Waals surface area contributed by atoms with Crippen LogP contribution in [0.25, 0.3) is 11.0 Å². The Morgan fingerprint density at radius 1 is 1.10 bits per heavy atom. The normalized spacial score (nSPS) is 14.1. The van der Waals surface area contributed by atoms with Crippen LogP contribution >= 0.6 is 0 Å². The Morgan fingerprint density at radius 3 is 2.52 bits per heavy atom. The molecular weight excluding hydrogens is 282 g/mol. The van der Waals surface area contributed by atoms with Crippen LogP contribution in [-0.4, -0.2) is 17.0 Å². The lowest BCUT2D eigenvalue weighted by Crippen LogP contribution is -2.22. The van der Waals surface area contributed by atoms with Crippen molar-refractivity contribution >= 4 is 21.8 Å². The standard InChI is InChI=1S/C17H17NO2S/c1-18-15(12-21(19)14-8-3-2-4-9-14)17-11-13-7-5-6-10-16(13)20-17/h2-11,15,18H,12H2,1H3. The fourth-order valence-electron chi connectivity index (χ4n) is 2.30. The van der Waals surface area contributed by atoms with Crippen molar-refractivity contribution < 1.29 is 8.63 Å². The Bertz CT molecular complexity index is 719. The summed E-state index contributed by atoms with van der Waals surface area (Å²) in [6, 6.07) is 19.4. The largest absolute Gasteiger partial charge is 0.459 e. The van der Waals surface area contributed by atoms with E-state index < -0.39 is 10.8 Å². The van der Waals surface area contributed by atoms with Gasteiger partial charge in [-0.3, -0.25) is 4.21 Å². The summed E-state index contributed by atoms with van der Waals surface area (Å²) in [5.41, 5.74) is 0.859. The van der Waals surface area contributed by atoms with Crippen LogP contribution in [0.15, 0.2) is 70.0 Å². The molecule has 0 aliphatic rings. The summed E-state index contributed by atoms with van der Waals surface area (Å²) in [7, 11) is 0.803. The first-order chi connectivity index (χ1) is 10.3. The van der Waals surface area contributed by atoms with Crippen molar-refractivity contribution in [1.29, 1.82) is 0 Å². The van der Waals surface area contributed by atoms with Crippen molar-refractivity contribution in [1.82, 2.24) is 5.32 Å². The van der Waals surface area contributed by atoms with Crippen LogP contribution in [-0.2, 0) is 10.8 Å². The van der Waals surface area contributed by atoms with E-state index in [0.717, 1.165) is 21.6 Å².